The van der Waals surface area contributed by atoms with Gasteiger partial charge in [0.05, 0.1) is 22.4 Å². The van der Waals surface area contributed by atoms with E-state index in [1.165, 1.54) is 30.6 Å². The molecular weight excluding hydrogens is 332 g/mol. The first-order chi connectivity index (χ1) is 11.2. The van der Waals surface area contributed by atoms with Crippen LogP contribution in [0.2, 0.25) is 5.02 Å². The van der Waals surface area contributed by atoms with Gasteiger partial charge in [0.1, 0.15) is 15.0 Å². The quantitative estimate of drug-likeness (QED) is 0.753. The molecule has 1 N–H and O–H groups in total. The molecule has 5 nitrogen and oxygen atoms in total. The zero-order valence-electron chi connectivity index (χ0n) is 12.8. The van der Waals surface area contributed by atoms with Crippen LogP contribution in [0.5, 0.6) is 0 Å². The molecule has 0 bridgehead atoms. The van der Waals surface area contributed by atoms with Crippen LogP contribution < -0.4 is 10.9 Å². The number of hydrogen-bond acceptors (Lipinski definition) is 5. The highest BCUT2D eigenvalue weighted by atomic mass is 35.5. The van der Waals surface area contributed by atoms with E-state index < -0.39 is 0 Å². The maximum Gasteiger partial charge on any atom is 0.271 e. The van der Waals surface area contributed by atoms with Crippen molar-refractivity contribution in [1.82, 2.24) is 14.5 Å². The SMILES string of the molecule is CNc1c(Cl)cnc2sc3c(=O)n(C4CCCCC4)cnc3c12. The Kier molecular flexibility index (Phi) is 3.73. The molecule has 4 rings (SSSR count). The number of rotatable bonds is 2. The molecule has 0 saturated heterocycles. The van der Waals surface area contributed by atoms with Crippen LogP contribution in [0.15, 0.2) is 17.3 Å². The monoisotopic (exact) mass is 348 g/mol. The van der Waals surface area contributed by atoms with Gasteiger partial charge in [-0.3, -0.25) is 9.36 Å². The fourth-order valence-corrected chi connectivity index (χ4v) is 4.73. The van der Waals surface area contributed by atoms with Crippen LogP contribution in [0.1, 0.15) is 38.1 Å². The largest absolute Gasteiger partial charge is 0.386 e. The Hall–Kier alpha value is -1.66. The van der Waals surface area contributed by atoms with Gasteiger partial charge < -0.3 is 5.32 Å². The van der Waals surface area contributed by atoms with E-state index in [9.17, 15) is 4.79 Å². The molecule has 1 fully saturated rings. The number of nitrogens with zero attached hydrogens (tertiary/aromatic N) is 3. The van der Waals surface area contributed by atoms with Gasteiger partial charge in [0.15, 0.2) is 0 Å². The van der Waals surface area contributed by atoms with Crippen molar-refractivity contribution >= 4 is 49.1 Å². The van der Waals surface area contributed by atoms with Gasteiger partial charge in [0.25, 0.3) is 5.56 Å². The number of fused-ring (bicyclic) bond motifs is 3. The van der Waals surface area contributed by atoms with Crippen molar-refractivity contribution in [1.29, 1.82) is 0 Å². The van der Waals surface area contributed by atoms with Crippen LogP contribution in [0, 0.1) is 0 Å². The molecule has 0 aromatic carbocycles. The number of nitrogens with one attached hydrogen (secondary N) is 1. The minimum Gasteiger partial charge on any atom is -0.386 e. The lowest BCUT2D eigenvalue weighted by molar-refractivity contribution is 0.345. The molecule has 3 aromatic rings. The molecule has 0 atom stereocenters. The van der Waals surface area contributed by atoms with Crippen molar-refractivity contribution in [3.8, 4) is 0 Å². The van der Waals surface area contributed by atoms with Crippen molar-refractivity contribution in [3.05, 3.63) is 27.9 Å². The van der Waals surface area contributed by atoms with Crippen molar-refractivity contribution in [2.45, 2.75) is 38.1 Å². The molecule has 1 saturated carbocycles. The number of anilines is 1. The lowest BCUT2D eigenvalue weighted by atomic mass is 9.95. The van der Waals surface area contributed by atoms with Gasteiger partial charge in [0, 0.05) is 19.3 Å². The Labute approximate surface area is 142 Å². The Morgan fingerprint density at radius 3 is 2.83 bits per heavy atom. The average molecular weight is 349 g/mol. The zero-order valence-corrected chi connectivity index (χ0v) is 14.4. The third-order valence-corrected chi connectivity index (χ3v) is 5.97. The molecule has 0 radical (unpaired) electrons. The van der Waals surface area contributed by atoms with E-state index in [-0.39, 0.29) is 11.6 Å². The summed E-state index contributed by atoms with van der Waals surface area (Å²) in [4.78, 5) is 22.7. The van der Waals surface area contributed by atoms with Gasteiger partial charge in [-0.2, -0.15) is 0 Å². The summed E-state index contributed by atoms with van der Waals surface area (Å²) in [5.74, 6) is 0. The summed E-state index contributed by atoms with van der Waals surface area (Å²) in [5.41, 5.74) is 1.52. The molecule has 23 heavy (non-hydrogen) atoms. The standard InChI is InChI=1S/C16H17ClN4OS/c1-18-12-10(17)7-19-15-11(12)13-14(23-15)16(22)21(8-20-13)9-5-3-2-4-6-9/h7-9H,2-6H2,1H3,(H,18,19). The second-order valence-corrected chi connectivity index (χ2v) is 7.35. The van der Waals surface area contributed by atoms with E-state index in [0.717, 1.165) is 28.7 Å². The fraction of sp³-hybridized carbons (Fsp3) is 0.438. The summed E-state index contributed by atoms with van der Waals surface area (Å²) in [7, 11) is 1.81. The number of thiophene rings is 1. The first-order valence-corrected chi connectivity index (χ1v) is 9.05. The van der Waals surface area contributed by atoms with Crippen LogP contribution in [0.3, 0.4) is 0 Å². The van der Waals surface area contributed by atoms with Crippen LogP contribution in [-0.2, 0) is 0 Å². The average Bonchev–Trinajstić information content (AvgIpc) is 2.96. The predicted molar refractivity (Wildman–Crippen MR) is 95.9 cm³/mol. The van der Waals surface area contributed by atoms with Gasteiger partial charge in [0.2, 0.25) is 0 Å². The zero-order chi connectivity index (χ0) is 16.0. The smallest absolute Gasteiger partial charge is 0.271 e. The lowest BCUT2D eigenvalue weighted by Gasteiger charge is -2.23. The topological polar surface area (TPSA) is 59.8 Å². The summed E-state index contributed by atoms with van der Waals surface area (Å²) in [6, 6.07) is 0.277. The Morgan fingerprint density at radius 1 is 1.30 bits per heavy atom. The number of pyridine rings is 1. The maximum absolute atomic E-state index is 12.9. The van der Waals surface area contributed by atoms with Crippen LogP contribution in [0.25, 0.3) is 20.4 Å². The van der Waals surface area contributed by atoms with Crippen molar-refractivity contribution in [3.63, 3.8) is 0 Å². The van der Waals surface area contributed by atoms with Crippen LogP contribution >= 0.6 is 22.9 Å². The highest BCUT2D eigenvalue weighted by Gasteiger charge is 2.21. The highest BCUT2D eigenvalue weighted by molar-refractivity contribution is 7.25. The van der Waals surface area contributed by atoms with Crippen molar-refractivity contribution < 1.29 is 0 Å². The first kappa shape index (κ1) is 14.9. The summed E-state index contributed by atoms with van der Waals surface area (Å²) in [6.07, 6.45) is 9.06. The predicted octanol–water partition coefficient (Wildman–Crippen LogP) is 4.21. The second-order valence-electron chi connectivity index (χ2n) is 5.94. The Morgan fingerprint density at radius 2 is 2.09 bits per heavy atom. The molecule has 120 valence electrons. The van der Waals surface area contributed by atoms with E-state index in [1.807, 2.05) is 11.6 Å². The molecule has 0 spiro atoms. The summed E-state index contributed by atoms with van der Waals surface area (Å²) < 4.78 is 2.48. The van der Waals surface area contributed by atoms with E-state index in [4.69, 9.17) is 11.6 Å². The van der Waals surface area contributed by atoms with Gasteiger partial charge in [-0.25, -0.2) is 9.97 Å². The van der Waals surface area contributed by atoms with E-state index >= 15 is 0 Å². The second kappa shape index (κ2) is 5.76. The van der Waals surface area contributed by atoms with Gasteiger partial charge in [-0.1, -0.05) is 30.9 Å². The molecular formula is C16H17ClN4OS. The van der Waals surface area contributed by atoms with Gasteiger partial charge >= 0.3 is 0 Å². The third-order valence-electron chi connectivity index (χ3n) is 4.61. The molecule has 1 aliphatic rings. The lowest BCUT2D eigenvalue weighted by Crippen LogP contribution is -2.26. The van der Waals surface area contributed by atoms with Gasteiger partial charge in [-0.15, -0.1) is 11.3 Å². The van der Waals surface area contributed by atoms with Crippen LogP contribution in [-0.4, -0.2) is 21.6 Å². The number of aromatic nitrogens is 3. The van der Waals surface area contributed by atoms with Crippen molar-refractivity contribution in [2.75, 3.05) is 12.4 Å². The van der Waals surface area contributed by atoms with E-state index in [2.05, 4.69) is 15.3 Å². The highest BCUT2D eigenvalue weighted by Crippen LogP contribution is 2.38. The normalized spacial score (nSPS) is 16.3. The molecule has 0 amide bonds. The minimum atomic E-state index is 0.0445. The minimum absolute atomic E-state index is 0.0445. The molecule has 3 heterocycles. The molecule has 1 aliphatic carbocycles. The van der Waals surface area contributed by atoms with Crippen molar-refractivity contribution in [2.24, 2.45) is 0 Å². The number of hydrogen-bond donors (Lipinski definition) is 1. The van der Waals surface area contributed by atoms with Crippen LogP contribution in [0.4, 0.5) is 5.69 Å². The Bertz CT molecular complexity index is 943. The molecule has 7 heteroatoms. The summed E-state index contributed by atoms with van der Waals surface area (Å²) >= 11 is 7.62. The maximum atomic E-state index is 12.9. The van der Waals surface area contributed by atoms with Gasteiger partial charge in [-0.05, 0) is 12.8 Å². The molecule has 0 unspecified atom stereocenters. The van der Waals surface area contributed by atoms with E-state index in [1.54, 1.807) is 12.5 Å². The third kappa shape index (κ3) is 2.32. The number of halogens is 1. The summed E-state index contributed by atoms with van der Waals surface area (Å²) in [6.45, 7) is 0. The van der Waals surface area contributed by atoms with E-state index in [0.29, 0.717) is 15.2 Å². The summed E-state index contributed by atoms with van der Waals surface area (Å²) in [5, 5.41) is 4.48. The first-order valence-electron chi connectivity index (χ1n) is 7.86. The molecule has 3 aromatic heterocycles. The molecule has 0 aliphatic heterocycles. The fourth-order valence-electron chi connectivity index (χ4n) is 3.45. The Balaban J connectivity index is 1.98.